The van der Waals surface area contributed by atoms with Crippen LogP contribution in [0.5, 0.6) is 0 Å². The molecule has 9 nitrogen and oxygen atoms in total. The van der Waals surface area contributed by atoms with Crippen LogP contribution in [0.15, 0.2) is 18.3 Å². The third-order valence-corrected chi connectivity index (χ3v) is 7.36. The average Bonchev–Trinajstić information content (AvgIpc) is 3.17. The average molecular weight is 473 g/mol. The van der Waals surface area contributed by atoms with Crippen molar-refractivity contribution in [2.75, 3.05) is 37.2 Å². The van der Waals surface area contributed by atoms with E-state index in [0.29, 0.717) is 36.0 Å². The number of carbonyl (C=O) groups excluding carboxylic acids is 2. The zero-order valence-corrected chi connectivity index (χ0v) is 19.8. The van der Waals surface area contributed by atoms with Gasteiger partial charge >= 0.3 is 0 Å². The van der Waals surface area contributed by atoms with Crippen molar-refractivity contribution >= 4 is 34.0 Å². The van der Waals surface area contributed by atoms with Gasteiger partial charge in [0.05, 0.1) is 11.8 Å². The van der Waals surface area contributed by atoms with Crippen LogP contribution in [0.3, 0.4) is 0 Å². The van der Waals surface area contributed by atoms with Crippen molar-refractivity contribution in [1.29, 1.82) is 0 Å². The van der Waals surface area contributed by atoms with Gasteiger partial charge in [0.1, 0.15) is 5.82 Å². The Balaban J connectivity index is 1.23. The van der Waals surface area contributed by atoms with Gasteiger partial charge in [-0.25, -0.2) is 9.97 Å². The van der Waals surface area contributed by atoms with Gasteiger partial charge in [-0.1, -0.05) is 0 Å². The molecule has 0 radical (unpaired) electrons. The molecule has 1 fully saturated rings. The highest BCUT2D eigenvalue weighted by atomic mass is 32.1. The fourth-order valence-corrected chi connectivity index (χ4v) is 5.32. The first kappa shape index (κ1) is 23.6. The van der Waals surface area contributed by atoms with Gasteiger partial charge in [0.15, 0.2) is 10.9 Å². The minimum Gasteiger partial charge on any atom is -0.392 e. The van der Waals surface area contributed by atoms with E-state index in [-0.39, 0.29) is 24.2 Å². The highest BCUT2D eigenvalue weighted by Crippen LogP contribution is 2.26. The van der Waals surface area contributed by atoms with E-state index in [1.807, 2.05) is 4.90 Å². The third-order valence-electron chi connectivity index (χ3n) is 6.37. The Bertz CT molecular complexity index is 988. The Kier molecular flexibility index (Phi) is 7.56. The van der Waals surface area contributed by atoms with Crippen LogP contribution < -0.4 is 11.1 Å². The summed E-state index contributed by atoms with van der Waals surface area (Å²) in [6.45, 7) is 5.14. The first-order valence-electron chi connectivity index (χ1n) is 11.5. The van der Waals surface area contributed by atoms with Gasteiger partial charge in [-0.05, 0) is 37.8 Å². The van der Waals surface area contributed by atoms with Crippen LogP contribution in [0.25, 0.3) is 0 Å². The van der Waals surface area contributed by atoms with E-state index in [1.165, 1.54) is 4.88 Å². The number of hydrogen-bond acceptors (Lipinski definition) is 9. The summed E-state index contributed by atoms with van der Waals surface area (Å²) in [7, 11) is 0. The second kappa shape index (κ2) is 10.6. The van der Waals surface area contributed by atoms with Crippen molar-refractivity contribution in [3.8, 4) is 0 Å². The number of hydrogen-bond donors (Lipinski definition) is 3. The van der Waals surface area contributed by atoms with Crippen molar-refractivity contribution < 1.29 is 14.7 Å². The van der Waals surface area contributed by atoms with Gasteiger partial charge in [0.25, 0.3) is 0 Å². The molecule has 10 heteroatoms. The number of aliphatic hydroxyl groups excluding tert-OH is 1. The van der Waals surface area contributed by atoms with Crippen LogP contribution in [-0.2, 0) is 17.8 Å². The maximum atomic E-state index is 12.7. The Morgan fingerprint density at radius 3 is 2.88 bits per heavy atom. The van der Waals surface area contributed by atoms with E-state index in [1.54, 1.807) is 36.6 Å². The first-order chi connectivity index (χ1) is 15.9. The molecule has 0 spiro atoms. The second-order valence-corrected chi connectivity index (χ2v) is 9.99. The summed E-state index contributed by atoms with van der Waals surface area (Å²) in [5, 5.41) is 14.5. The van der Waals surface area contributed by atoms with Gasteiger partial charge in [-0.2, -0.15) is 0 Å². The monoisotopic (exact) mass is 472 g/mol. The van der Waals surface area contributed by atoms with Gasteiger partial charge in [-0.15, -0.1) is 11.3 Å². The smallest absolute Gasteiger partial charge is 0.219 e. The number of carbonyl (C=O) groups is 2. The summed E-state index contributed by atoms with van der Waals surface area (Å²) in [5.74, 6) is 0.785. The molecule has 178 valence electrons. The number of nitrogen functional groups attached to an aromatic ring is 1. The van der Waals surface area contributed by atoms with Gasteiger partial charge in [0, 0.05) is 68.7 Å². The molecular formula is C23H32N6O3S. The molecular weight excluding hydrogens is 440 g/mol. The molecule has 1 amide bonds. The van der Waals surface area contributed by atoms with Crippen LogP contribution in [0.2, 0.25) is 0 Å². The summed E-state index contributed by atoms with van der Waals surface area (Å²) >= 11 is 1.54. The third kappa shape index (κ3) is 6.27. The number of pyridine rings is 1. The zero-order chi connectivity index (χ0) is 23.4. The van der Waals surface area contributed by atoms with Crippen LogP contribution in [-0.4, -0.2) is 74.9 Å². The number of nitrogens with zero attached hydrogens (tertiary/aromatic N) is 4. The molecule has 0 unspecified atom stereocenters. The first-order valence-corrected chi connectivity index (χ1v) is 12.3. The predicted molar refractivity (Wildman–Crippen MR) is 128 cm³/mol. The summed E-state index contributed by atoms with van der Waals surface area (Å²) in [6, 6.07) is 3.74. The van der Waals surface area contributed by atoms with Gasteiger partial charge in [0.2, 0.25) is 5.91 Å². The molecule has 0 aliphatic carbocycles. The number of thiazole rings is 1. The fraction of sp³-hybridized carbons (Fsp3) is 0.565. The Labute approximate surface area is 198 Å². The van der Waals surface area contributed by atoms with E-state index in [2.05, 4.69) is 20.2 Å². The maximum absolute atomic E-state index is 12.7. The molecule has 33 heavy (non-hydrogen) atoms. The number of fused-ring (bicyclic) bond motifs is 1. The number of anilines is 2. The quantitative estimate of drug-likeness (QED) is 0.498. The van der Waals surface area contributed by atoms with Crippen molar-refractivity contribution in [1.82, 2.24) is 19.8 Å². The number of aromatic nitrogens is 2. The molecule has 4 rings (SSSR count). The normalized spacial score (nSPS) is 18.1. The van der Waals surface area contributed by atoms with Gasteiger partial charge < -0.3 is 21.1 Å². The molecule has 4 heterocycles. The van der Waals surface area contributed by atoms with Crippen molar-refractivity contribution in [3.05, 3.63) is 34.5 Å². The topological polar surface area (TPSA) is 125 Å². The highest BCUT2D eigenvalue weighted by molar-refractivity contribution is 7.15. The molecule has 2 aromatic rings. The number of likely N-dealkylation sites (tertiary alicyclic amines) is 1. The number of nitrogens with two attached hydrogens (primary N) is 1. The molecule has 0 aromatic carbocycles. The van der Waals surface area contributed by atoms with Crippen molar-refractivity contribution in [2.45, 2.75) is 57.7 Å². The predicted octanol–water partition coefficient (Wildman–Crippen LogP) is 1.93. The number of aliphatic hydroxyl groups is 1. The minimum absolute atomic E-state index is 0.000829. The van der Waals surface area contributed by atoms with E-state index >= 15 is 0 Å². The summed E-state index contributed by atoms with van der Waals surface area (Å²) < 4.78 is 0. The Morgan fingerprint density at radius 2 is 2.12 bits per heavy atom. The number of ketones is 1. The van der Waals surface area contributed by atoms with Crippen LogP contribution in [0, 0.1) is 0 Å². The molecule has 4 N–H and O–H groups in total. The maximum Gasteiger partial charge on any atom is 0.219 e. The Hall–Kier alpha value is -2.56. The summed E-state index contributed by atoms with van der Waals surface area (Å²) in [4.78, 5) is 38.2. The SMILES string of the molecule is CC(=O)N1CCC(Nc2cc(C(=O)CC[C@H](O)CN3CCc4sc(N)nc4C3)ccn2)CC1. The molecule has 2 aromatic heterocycles. The Morgan fingerprint density at radius 1 is 1.33 bits per heavy atom. The standard InChI is InChI=1S/C23H32N6O3S/c1-15(30)29-10-5-17(6-11-29)26-22-12-16(4-8-25-22)20(32)3-2-18(31)13-28-9-7-21-19(14-28)27-23(24)33-21/h4,8,12,17-18,31H,2-3,5-7,9-11,13-14H2,1H3,(H2,24,27)(H,25,26)/t18-/m0/s1. The lowest BCUT2D eigenvalue weighted by Crippen LogP contribution is -2.41. The molecule has 2 aliphatic heterocycles. The molecule has 1 saturated heterocycles. The molecule has 0 bridgehead atoms. The number of β-amino-alcohol motifs (C(OH)–C–C–N with tert-alkyl or cyclic N) is 1. The fourth-order valence-electron chi connectivity index (χ4n) is 4.49. The molecule has 1 atom stereocenters. The number of rotatable bonds is 8. The molecule has 0 saturated carbocycles. The lowest BCUT2D eigenvalue weighted by Gasteiger charge is -2.32. The molecule has 2 aliphatic rings. The van der Waals surface area contributed by atoms with Crippen molar-refractivity contribution in [2.24, 2.45) is 0 Å². The summed E-state index contributed by atoms with van der Waals surface area (Å²) in [6.07, 6.45) is 4.38. The summed E-state index contributed by atoms with van der Waals surface area (Å²) in [5.41, 5.74) is 7.41. The van der Waals surface area contributed by atoms with E-state index in [9.17, 15) is 14.7 Å². The second-order valence-electron chi connectivity index (χ2n) is 8.88. The van der Waals surface area contributed by atoms with E-state index < -0.39 is 6.10 Å². The zero-order valence-electron chi connectivity index (χ0n) is 19.0. The number of nitrogens with one attached hydrogen (secondary N) is 1. The number of Topliss-reactive ketones (excluding diaryl/α,β-unsaturated/α-hetero) is 1. The van der Waals surface area contributed by atoms with E-state index in [4.69, 9.17) is 5.73 Å². The lowest BCUT2D eigenvalue weighted by atomic mass is 10.0. The lowest BCUT2D eigenvalue weighted by molar-refractivity contribution is -0.129. The van der Waals surface area contributed by atoms with Crippen LogP contribution in [0.1, 0.15) is 53.5 Å². The van der Waals surface area contributed by atoms with Crippen LogP contribution >= 0.6 is 11.3 Å². The largest absolute Gasteiger partial charge is 0.392 e. The highest BCUT2D eigenvalue weighted by Gasteiger charge is 2.23. The van der Waals surface area contributed by atoms with E-state index in [0.717, 1.165) is 44.6 Å². The number of amides is 1. The minimum atomic E-state index is -0.572. The number of piperidine rings is 1. The van der Waals surface area contributed by atoms with Crippen LogP contribution in [0.4, 0.5) is 10.9 Å². The van der Waals surface area contributed by atoms with Gasteiger partial charge in [-0.3, -0.25) is 14.5 Å². The van der Waals surface area contributed by atoms with Crippen molar-refractivity contribution in [3.63, 3.8) is 0 Å².